The van der Waals surface area contributed by atoms with Crippen molar-refractivity contribution in [3.05, 3.63) is 42.2 Å². The number of rotatable bonds is 6. The Morgan fingerprint density at radius 2 is 2.19 bits per heavy atom. The first-order valence-electron chi connectivity index (χ1n) is 8.46. The summed E-state index contributed by atoms with van der Waals surface area (Å²) in [7, 11) is 0. The molecule has 0 aliphatic heterocycles. The van der Waals surface area contributed by atoms with Crippen molar-refractivity contribution < 1.29 is 19.4 Å². The summed E-state index contributed by atoms with van der Waals surface area (Å²) in [5.74, 6) is -1.50. The highest BCUT2D eigenvalue weighted by Crippen LogP contribution is 2.51. The van der Waals surface area contributed by atoms with Gasteiger partial charge in [0.2, 0.25) is 0 Å². The fourth-order valence-corrected chi connectivity index (χ4v) is 3.44. The van der Waals surface area contributed by atoms with E-state index in [0.29, 0.717) is 17.9 Å². The highest BCUT2D eigenvalue weighted by atomic mass is 16.5. The van der Waals surface area contributed by atoms with Crippen LogP contribution in [0.25, 0.3) is 5.69 Å². The fraction of sp³-hybridized carbons (Fsp3) is 0.444. The number of hydrogen-bond acceptors (Lipinski definition) is 5. The highest BCUT2D eigenvalue weighted by molar-refractivity contribution is 5.99. The van der Waals surface area contributed by atoms with E-state index in [0.717, 1.165) is 0 Å². The standard InChI is InChI=1S/C18H22N4O4/c1-4-26-14-11-18(16(24)25,17(14,2)3)20-15(23)12-6-5-7-13(10-12)22-9-8-19-21-22/h5-10,14H,4,11H2,1-3H3,(H,20,23)(H,24,25). The number of nitrogens with one attached hydrogen (secondary N) is 1. The maximum atomic E-state index is 12.8. The van der Waals surface area contributed by atoms with Crippen LogP contribution in [0.5, 0.6) is 0 Å². The fourth-order valence-electron chi connectivity index (χ4n) is 3.44. The van der Waals surface area contributed by atoms with Crippen LogP contribution in [-0.4, -0.2) is 50.2 Å². The van der Waals surface area contributed by atoms with E-state index in [-0.39, 0.29) is 12.5 Å². The Morgan fingerprint density at radius 1 is 1.42 bits per heavy atom. The van der Waals surface area contributed by atoms with Gasteiger partial charge in [0.15, 0.2) is 0 Å². The Bertz CT molecular complexity index is 818. The Kier molecular flexibility index (Phi) is 4.53. The summed E-state index contributed by atoms with van der Waals surface area (Å²) in [6, 6.07) is 6.79. The van der Waals surface area contributed by atoms with E-state index in [4.69, 9.17) is 4.74 Å². The number of benzene rings is 1. The lowest BCUT2D eigenvalue weighted by Gasteiger charge is -2.58. The second-order valence-electron chi connectivity index (χ2n) is 6.93. The normalized spacial score (nSPS) is 23.9. The Hall–Kier alpha value is -2.74. The van der Waals surface area contributed by atoms with Gasteiger partial charge in [-0.3, -0.25) is 4.79 Å². The second-order valence-corrected chi connectivity index (χ2v) is 6.93. The molecule has 0 bridgehead atoms. The van der Waals surface area contributed by atoms with E-state index >= 15 is 0 Å². The van der Waals surface area contributed by atoms with Crippen molar-refractivity contribution in [2.75, 3.05) is 6.61 Å². The van der Waals surface area contributed by atoms with Crippen molar-refractivity contribution in [2.45, 2.75) is 38.8 Å². The lowest BCUT2D eigenvalue weighted by molar-refractivity contribution is -0.190. The van der Waals surface area contributed by atoms with Gasteiger partial charge in [0.1, 0.15) is 5.54 Å². The average Bonchev–Trinajstić information content (AvgIpc) is 3.15. The third-order valence-corrected chi connectivity index (χ3v) is 5.25. The second kappa shape index (κ2) is 6.53. The molecule has 1 amide bonds. The summed E-state index contributed by atoms with van der Waals surface area (Å²) in [5.41, 5.74) is -1.07. The van der Waals surface area contributed by atoms with E-state index in [2.05, 4.69) is 15.6 Å². The number of carbonyl (C=O) groups is 2. The molecule has 8 nitrogen and oxygen atoms in total. The van der Waals surface area contributed by atoms with Gasteiger partial charge in [-0.05, 0) is 25.1 Å². The predicted octanol–water partition coefficient (Wildman–Crippen LogP) is 1.66. The minimum Gasteiger partial charge on any atom is -0.479 e. The lowest BCUT2D eigenvalue weighted by atomic mass is 9.54. The molecule has 26 heavy (non-hydrogen) atoms. The number of carbonyl (C=O) groups excluding carboxylic acids is 1. The molecule has 2 unspecified atom stereocenters. The predicted molar refractivity (Wildman–Crippen MR) is 93.0 cm³/mol. The van der Waals surface area contributed by atoms with Crippen LogP contribution in [-0.2, 0) is 9.53 Å². The molecule has 1 aliphatic rings. The first-order chi connectivity index (χ1) is 12.3. The van der Waals surface area contributed by atoms with E-state index in [1.165, 1.54) is 10.9 Å². The summed E-state index contributed by atoms with van der Waals surface area (Å²) >= 11 is 0. The number of carboxylic acids is 1. The van der Waals surface area contributed by atoms with Crippen molar-refractivity contribution >= 4 is 11.9 Å². The Balaban J connectivity index is 1.84. The summed E-state index contributed by atoms with van der Waals surface area (Å²) in [4.78, 5) is 24.8. The maximum Gasteiger partial charge on any atom is 0.330 e. The van der Waals surface area contributed by atoms with Crippen LogP contribution in [0.2, 0.25) is 0 Å². The maximum absolute atomic E-state index is 12.8. The quantitative estimate of drug-likeness (QED) is 0.813. The average molecular weight is 358 g/mol. The van der Waals surface area contributed by atoms with Gasteiger partial charge in [0.05, 0.1) is 24.2 Å². The molecular weight excluding hydrogens is 336 g/mol. The zero-order valence-electron chi connectivity index (χ0n) is 15.0. The first kappa shape index (κ1) is 18.1. The van der Waals surface area contributed by atoms with Gasteiger partial charge in [-0.25, -0.2) is 9.48 Å². The van der Waals surface area contributed by atoms with Crippen molar-refractivity contribution in [3.63, 3.8) is 0 Å². The van der Waals surface area contributed by atoms with Crippen LogP contribution in [0.3, 0.4) is 0 Å². The zero-order chi connectivity index (χ0) is 18.9. The van der Waals surface area contributed by atoms with E-state index in [1.54, 1.807) is 44.3 Å². The van der Waals surface area contributed by atoms with Gasteiger partial charge in [0.25, 0.3) is 5.91 Å². The first-order valence-corrected chi connectivity index (χ1v) is 8.46. The van der Waals surface area contributed by atoms with E-state index in [1.807, 2.05) is 6.92 Å². The number of aromatic nitrogens is 3. The smallest absolute Gasteiger partial charge is 0.330 e. The third-order valence-electron chi connectivity index (χ3n) is 5.25. The minimum absolute atomic E-state index is 0.217. The molecule has 1 saturated carbocycles. The Morgan fingerprint density at radius 3 is 2.77 bits per heavy atom. The summed E-state index contributed by atoms with van der Waals surface area (Å²) < 4.78 is 7.15. The zero-order valence-corrected chi connectivity index (χ0v) is 15.0. The highest BCUT2D eigenvalue weighted by Gasteiger charge is 2.66. The van der Waals surface area contributed by atoms with Gasteiger partial charge in [-0.1, -0.05) is 25.1 Å². The van der Waals surface area contributed by atoms with Crippen LogP contribution in [0, 0.1) is 5.41 Å². The molecule has 1 aromatic heterocycles. The van der Waals surface area contributed by atoms with Crippen LogP contribution < -0.4 is 5.32 Å². The number of ether oxygens (including phenoxy) is 1. The number of carboxylic acid groups (broad SMARTS) is 1. The summed E-state index contributed by atoms with van der Waals surface area (Å²) in [6.07, 6.45) is 3.22. The van der Waals surface area contributed by atoms with Gasteiger partial charge >= 0.3 is 5.97 Å². The van der Waals surface area contributed by atoms with Crippen LogP contribution in [0.1, 0.15) is 37.6 Å². The molecule has 1 heterocycles. The molecule has 3 rings (SSSR count). The topological polar surface area (TPSA) is 106 Å². The van der Waals surface area contributed by atoms with E-state index in [9.17, 15) is 14.7 Å². The largest absolute Gasteiger partial charge is 0.479 e. The number of amides is 1. The molecule has 0 radical (unpaired) electrons. The molecule has 0 spiro atoms. The van der Waals surface area contributed by atoms with Gasteiger partial charge in [-0.2, -0.15) is 0 Å². The third kappa shape index (κ3) is 2.76. The number of aliphatic carboxylic acids is 1. The monoisotopic (exact) mass is 358 g/mol. The molecule has 8 heteroatoms. The van der Waals surface area contributed by atoms with Crippen LogP contribution >= 0.6 is 0 Å². The Labute approximate surface area is 151 Å². The molecule has 2 atom stereocenters. The van der Waals surface area contributed by atoms with Crippen molar-refractivity contribution in [1.82, 2.24) is 20.3 Å². The minimum atomic E-state index is -1.37. The van der Waals surface area contributed by atoms with Crippen molar-refractivity contribution in [1.29, 1.82) is 0 Å². The number of hydrogen-bond donors (Lipinski definition) is 2. The molecule has 1 aliphatic carbocycles. The van der Waals surface area contributed by atoms with Crippen molar-refractivity contribution in [2.24, 2.45) is 5.41 Å². The molecule has 138 valence electrons. The molecule has 1 aromatic carbocycles. The molecule has 2 N–H and O–H groups in total. The molecule has 1 fully saturated rings. The van der Waals surface area contributed by atoms with Crippen molar-refractivity contribution in [3.8, 4) is 5.69 Å². The van der Waals surface area contributed by atoms with Crippen LogP contribution in [0.15, 0.2) is 36.7 Å². The van der Waals surface area contributed by atoms with Crippen LogP contribution in [0.4, 0.5) is 0 Å². The molecule has 2 aromatic rings. The summed E-state index contributed by atoms with van der Waals surface area (Å²) in [5, 5.41) is 20.2. The van der Waals surface area contributed by atoms with Gasteiger partial charge in [0, 0.05) is 24.0 Å². The summed E-state index contributed by atoms with van der Waals surface area (Å²) in [6.45, 7) is 5.97. The van der Waals surface area contributed by atoms with Gasteiger partial charge in [-0.15, -0.1) is 5.10 Å². The molecular formula is C18H22N4O4. The molecule has 0 saturated heterocycles. The van der Waals surface area contributed by atoms with E-state index < -0.39 is 22.8 Å². The number of nitrogens with zero attached hydrogens (tertiary/aromatic N) is 3. The SMILES string of the molecule is CCOC1CC(NC(=O)c2cccc(-n3ccnn3)c2)(C(=O)O)C1(C)C. The van der Waals surface area contributed by atoms with Gasteiger partial charge < -0.3 is 15.2 Å². The lowest BCUT2D eigenvalue weighted by Crippen LogP contribution is -2.76.